The van der Waals surface area contributed by atoms with Crippen LogP contribution in [0.4, 0.5) is 9.59 Å². The normalized spacial score (nSPS) is 12.8. The number of fused-ring (bicyclic) bond motifs is 3. The van der Waals surface area contributed by atoms with Crippen LogP contribution in [0.25, 0.3) is 11.1 Å². The van der Waals surface area contributed by atoms with E-state index in [2.05, 4.69) is 29.3 Å². The fourth-order valence-electron chi connectivity index (χ4n) is 3.72. The SMILES string of the molecule is C=CCOC(=O)N[C@H](CCCNC(=O)OCC1c2ccccc2-c2ccccc21)C(=O)O. The van der Waals surface area contributed by atoms with Crippen molar-refractivity contribution in [2.24, 2.45) is 0 Å². The first kappa shape index (κ1) is 22.9. The highest BCUT2D eigenvalue weighted by Crippen LogP contribution is 2.44. The number of amides is 2. The van der Waals surface area contributed by atoms with Crippen molar-refractivity contribution < 1.29 is 29.0 Å². The molecule has 0 unspecified atom stereocenters. The van der Waals surface area contributed by atoms with Gasteiger partial charge in [-0.3, -0.25) is 0 Å². The van der Waals surface area contributed by atoms with Crippen molar-refractivity contribution in [3.8, 4) is 11.1 Å². The van der Waals surface area contributed by atoms with Crippen molar-refractivity contribution in [3.05, 3.63) is 72.3 Å². The van der Waals surface area contributed by atoms with E-state index < -0.39 is 24.2 Å². The topological polar surface area (TPSA) is 114 Å². The Morgan fingerprint density at radius 2 is 1.62 bits per heavy atom. The van der Waals surface area contributed by atoms with Crippen LogP contribution in [-0.4, -0.2) is 49.1 Å². The van der Waals surface area contributed by atoms with E-state index in [1.54, 1.807) is 0 Å². The molecular formula is C24H26N2O6. The molecule has 8 heteroatoms. The molecule has 2 aromatic carbocycles. The minimum atomic E-state index is -1.18. The summed E-state index contributed by atoms with van der Waals surface area (Å²) in [5, 5.41) is 14.1. The molecule has 3 rings (SSSR count). The Kier molecular flexibility index (Phi) is 7.85. The molecular weight excluding hydrogens is 412 g/mol. The Labute approximate surface area is 186 Å². The molecule has 3 N–H and O–H groups in total. The zero-order valence-corrected chi connectivity index (χ0v) is 17.6. The average molecular weight is 438 g/mol. The highest BCUT2D eigenvalue weighted by molar-refractivity contribution is 5.80. The van der Waals surface area contributed by atoms with Crippen LogP contribution in [-0.2, 0) is 14.3 Å². The van der Waals surface area contributed by atoms with Crippen LogP contribution in [0.2, 0.25) is 0 Å². The van der Waals surface area contributed by atoms with Gasteiger partial charge in [0.05, 0.1) is 0 Å². The van der Waals surface area contributed by atoms with Gasteiger partial charge in [0.2, 0.25) is 0 Å². The van der Waals surface area contributed by atoms with Gasteiger partial charge in [-0.2, -0.15) is 0 Å². The summed E-state index contributed by atoms with van der Waals surface area (Å²) in [6, 6.07) is 15.0. The molecule has 1 aliphatic rings. The molecule has 1 aliphatic carbocycles. The first-order chi connectivity index (χ1) is 15.5. The minimum Gasteiger partial charge on any atom is -0.480 e. The van der Waals surface area contributed by atoms with E-state index in [1.807, 2.05) is 36.4 Å². The van der Waals surface area contributed by atoms with Crippen LogP contribution < -0.4 is 10.6 Å². The second kappa shape index (κ2) is 11.0. The van der Waals surface area contributed by atoms with Crippen LogP contribution in [0.5, 0.6) is 0 Å². The largest absolute Gasteiger partial charge is 0.480 e. The molecule has 8 nitrogen and oxygen atoms in total. The van der Waals surface area contributed by atoms with Gasteiger partial charge in [-0.25, -0.2) is 14.4 Å². The number of nitrogens with one attached hydrogen (secondary N) is 2. The highest BCUT2D eigenvalue weighted by Gasteiger charge is 2.29. The number of hydrogen-bond acceptors (Lipinski definition) is 5. The highest BCUT2D eigenvalue weighted by atomic mass is 16.6. The van der Waals surface area contributed by atoms with Gasteiger partial charge < -0.3 is 25.2 Å². The quantitative estimate of drug-likeness (QED) is 0.385. The van der Waals surface area contributed by atoms with Gasteiger partial charge in [-0.05, 0) is 35.1 Å². The van der Waals surface area contributed by atoms with Gasteiger partial charge in [0.15, 0.2) is 0 Å². The number of alkyl carbamates (subject to hydrolysis) is 2. The molecule has 2 aromatic rings. The summed E-state index contributed by atoms with van der Waals surface area (Å²) in [4.78, 5) is 34.9. The van der Waals surface area contributed by atoms with Gasteiger partial charge in [0, 0.05) is 12.5 Å². The number of benzene rings is 2. The Morgan fingerprint density at radius 1 is 1.00 bits per heavy atom. The number of hydrogen-bond donors (Lipinski definition) is 3. The summed E-state index contributed by atoms with van der Waals surface area (Å²) < 4.78 is 10.2. The number of carbonyl (C=O) groups is 3. The van der Waals surface area contributed by atoms with Crippen molar-refractivity contribution in [3.63, 3.8) is 0 Å². The molecule has 0 saturated carbocycles. The Morgan fingerprint density at radius 3 is 2.22 bits per heavy atom. The van der Waals surface area contributed by atoms with Crippen molar-refractivity contribution >= 4 is 18.2 Å². The molecule has 168 valence electrons. The van der Waals surface area contributed by atoms with Crippen molar-refractivity contribution in [2.75, 3.05) is 19.8 Å². The molecule has 2 amide bonds. The zero-order chi connectivity index (χ0) is 22.9. The number of carboxylic acid groups (broad SMARTS) is 1. The zero-order valence-electron chi connectivity index (χ0n) is 17.6. The Bertz CT molecular complexity index is 944. The fraction of sp³-hybridized carbons (Fsp3) is 0.292. The van der Waals surface area contributed by atoms with E-state index >= 15 is 0 Å². The third kappa shape index (κ3) is 5.66. The number of rotatable bonds is 10. The average Bonchev–Trinajstić information content (AvgIpc) is 3.12. The lowest BCUT2D eigenvalue weighted by molar-refractivity contribution is -0.139. The Balaban J connectivity index is 1.44. The molecule has 0 heterocycles. The van der Waals surface area contributed by atoms with Crippen molar-refractivity contribution in [1.82, 2.24) is 10.6 Å². The van der Waals surface area contributed by atoms with E-state index in [0.29, 0.717) is 6.42 Å². The monoisotopic (exact) mass is 438 g/mol. The molecule has 0 spiro atoms. The summed E-state index contributed by atoms with van der Waals surface area (Å²) in [6.45, 7) is 3.82. The van der Waals surface area contributed by atoms with Crippen LogP contribution >= 0.6 is 0 Å². The first-order valence-electron chi connectivity index (χ1n) is 10.4. The predicted molar refractivity (Wildman–Crippen MR) is 118 cm³/mol. The van der Waals surface area contributed by atoms with E-state index in [9.17, 15) is 19.5 Å². The summed E-state index contributed by atoms with van der Waals surface area (Å²) in [5.41, 5.74) is 4.55. The lowest BCUT2D eigenvalue weighted by Gasteiger charge is -2.16. The molecule has 0 aromatic heterocycles. The lowest BCUT2D eigenvalue weighted by Crippen LogP contribution is -2.41. The second-order valence-electron chi connectivity index (χ2n) is 7.32. The van der Waals surface area contributed by atoms with E-state index in [1.165, 1.54) is 6.08 Å². The van der Waals surface area contributed by atoms with Crippen LogP contribution in [0.3, 0.4) is 0 Å². The molecule has 0 aliphatic heterocycles. The van der Waals surface area contributed by atoms with Gasteiger partial charge in [-0.15, -0.1) is 0 Å². The molecule has 0 saturated heterocycles. The minimum absolute atomic E-state index is 0.0124. The molecule has 1 atom stereocenters. The van der Waals surface area contributed by atoms with Crippen molar-refractivity contribution in [1.29, 1.82) is 0 Å². The fourth-order valence-corrected chi connectivity index (χ4v) is 3.72. The van der Waals surface area contributed by atoms with Crippen LogP contribution in [0.15, 0.2) is 61.2 Å². The summed E-state index contributed by atoms with van der Waals surface area (Å²) >= 11 is 0. The smallest absolute Gasteiger partial charge is 0.408 e. The van der Waals surface area contributed by atoms with Crippen LogP contribution in [0, 0.1) is 0 Å². The maximum atomic E-state index is 12.1. The molecule has 0 fully saturated rings. The standard InChI is InChI=1S/C24H26N2O6/c1-2-14-31-24(30)26-21(22(27)28)12-7-13-25-23(29)32-15-20-18-10-5-3-8-16(18)17-9-4-6-11-19(17)20/h2-6,8-11,20-21H,1,7,12-15H2,(H,25,29)(H,26,30)(H,27,28)/t21-/m1/s1. The van der Waals surface area contributed by atoms with Crippen LogP contribution in [0.1, 0.15) is 29.9 Å². The summed E-state index contributed by atoms with van der Waals surface area (Å²) in [6.07, 6.45) is 0.442. The predicted octanol–water partition coefficient (Wildman–Crippen LogP) is 3.67. The molecule has 0 bridgehead atoms. The van der Waals surface area contributed by atoms with Gasteiger partial charge in [-0.1, -0.05) is 61.2 Å². The Hall–Kier alpha value is -3.81. The maximum absolute atomic E-state index is 12.1. The van der Waals surface area contributed by atoms with Gasteiger partial charge in [0.1, 0.15) is 19.3 Å². The van der Waals surface area contributed by atoms with Gasteiger partial charge >= 0.3 is 18.2 Å². The van der Waals surface area contributed by atoms with E-state index in [4.69, 9.17) is 9.47 Å². The number of carbonyl (C=O) groups excluding carboxylic acids is 2. The molecule has 32 heavy (non-hydrogen) atoms. The third-order valence-corrected chi connectivity index (χ3v) is 5.21. The summed E-state index contributed by atoms with van der Waals surface area (Å²) in [5.74, 6) is -1.21. The van der Waals surface area contributed by atoms with E-state index in [-0.39, 0.29) is 32.1 Å². The maximum Gasteiger partial charge on any atom is 0.408 e. The number of ether oxygens (including phenoxy) is 2. The van der Waals surface area contributed by atoms with E-state index in [0.717, 1.165) is 22.3 Å². The number of aliphatic carboxylic acids is 1. The number of carboxylic acids is 1. The summed E-state index contributed by atoms with van der Waals surface area (Å²) in [7, 11) is 0. The molecule has 0 radical (unpaired) electrons. The first-order valence-corrected chi connectivity index (χ1v) is 10.4. The van der Waals surface area contributed by atoms with Crippen molar-refractivity contribution in [2.45, 2.75) is 24.8 Å². The lowest BCUT2D eigenvalue weighted by atomic mass is 9.98. The third-order valence-electron chi connectivity index (χ3n) is 5.21. The second-order valence-corrected chi connectivity index (χ2v) is 7.32. The van der Waals surface area contributed by atoms with Gasteiger partial charge in [0.25, 0.3) is 0 Å².